The summed E-state index contributed by atoms with van der Waals surface area (Å²) in [5.41, 5.74) is 1.67. The van der Waals surface area contributed by atoms with Gasteiger partial charge in [-0.25, -0.2) is 0 Å². The Kier molecular flexibility index (Phi) is 5.40. The molecule has 0 saturated heterocycles. The molecule has 2 amide bonds. The highest BCUT2D eigenvalue weighted by atomic mass is 16.5. The third kappa shape index (κ3) is 3.05. The first kappa shape index (κ1) is 16.6. The van der Waals surface area contributed by atoms with E-state index in [4.69, 9.17) is 14.2 Å². The molecule has 0 fully saturated rings. The lowest BCUT2D eigenvalue weighted by Gasteiger charge is -2.34. The van der Waals surface area contributed by atoms with Crippen molar-refractivity contribution in [3.63, 3.8) is 0 Å². The maximum absolute atomic E-state index is 11.3. The molecule has 0 radical (unpaired) electrons. The zero-order valence-corrected chi connectivity index (χ0v) is 12.9. The molecule has 1 aromatic carbocycles. The van der Waals surface area contributed by atoms with Gasteiger partial charge in [-0.15, -0.1) is 0 Å². The predicted molar refractivity (Wildman–Crippen MR) is 82.0 cm³/mol. The molecule has 0 aliphatic carbocycles. The van der Waals surface area contributed by atoms with E-state index in [-0.39, 0.29) is 12.5 Å². The molecular formula is C15H18N2O6. The fourth-order valence-corrected chi connectivity index (χ4v) is 2.84. The van der Waals surface area contributed by atoms with Crippen molar-refractivity contribution < 1.29 is 28.6 Å². The Morgan fingerprint density at radius 2 is 2.09 bits per heavy atom. The van der Waals surface area contributed by atoms with Crippen LogP contribution < -0.4 is 19.7 Å². The lowest BCUT2D eigenvalue weighted by atomic mass is 9.88. The minimum Gasteiger partial charge on any atom is -0.493 e. The summed E-state index contributed by atoms with van der Waals surface area (Å²) in [7, 11) is 2.92. The quantitative estimate of drug-likeness (QED) is 0.715. The van der Waals surface area contributed by atoms with Gasteiger partial charge in [-0.1, -0.05) is 0 Å². The predicted octanol–water partition coefficient (Wildman–Crippen LogP) is 0.895. The third-order valence-electron chi connectivity index (χ3n) is 3.82. The number of anilines is 2. The Labute approximate surface area is 133 Å². The van der Waals surface area contributed by atoms with Gasteiger partial charge in [0.1, 0.15) is 0 Å². The summed E-state index contributed by atoms with van der Waals surface area (Å²) in [6, 6.07) is 1.67. The summed E-state index contributed by atoms with van der Waals surface area (Å²) in [5, 5.41) is 2.61. The number of rotatable bonds is 8. The monoisotopic (exact) mass is 322 g/mol. The Bertz CT molecular complexity index is 604. The number of carbonyl (C=O) groups is 3. The second-order valence-electron chi connectivity index (χ2n) is 4.90. The van der Waals surface area contributed by atoms with E-state index < -0.39 is 0 Å². The summed E-state index contributed by atoms with van der Waals surface area (Å²) >= 11 is 0. The topological polar surface area (TPSA) is 94.2 Å². The Morgan fingerprint density at radius 3 is 2.65 bits per heavy atom. The number of nitrogens with one attached hydrogen (secondary N) is 1. The van der Waals surface area contributed by atoms with Crippen LogP contribution in [0.15, 0.2) is 6.07 Å². The summed E-state index contributed by atoms with van der Waals surface area (Å²) in [4.78, 5) is 34.4. The van der Waals surface area contributed by atoms with Crippen LogP contribution in [0.3, 0.4) is 0 Å². The second kappa shape index (κ2) is 7.48. The van der Waals surface area contributed by atoms with Crippen LogP contribution in [0.5, 0.6) is 11.5 Å². The van der Waals surface area contributed by atoms with Crippen LogP contribution in [0.4, 0.5) is 11.4 Å². The highest BCUT2D eigenvalue weighted by molar-refractivity contribution is 5.90. The van der Waals surface area contributed by atoms with Crippen molar-refractivity contribution in [1.29, 1.82) is 0 Å². The Balaban J connectivity index is 2.67. The van der Waals surface area contributed by atoms with Crippen molar-refractivity contribution >= 4 is 30.7 Å². The smallest absolute Gasteiger partial charge is 0.293 e. The molecule has 1 aliphatic heterocycles. The van der Waals surface area contributed by atoms with Gasteiger partial charge < -0.3 is 24.4 Å². The highest BCUT2D eigenvalue weighted by Crippen LogP contribution is 2.49. The number of carbonyl (C=O) groups excluding carboxylic acids is 3. The number of hydrogen-bond donors (Lipinski definition) is 1. The van der Waals surface area contributed by atoms with Crippen LogP contribution in [0, 0.1) is 0 Å². The minimum absolute atomic E-state index is 0.145. The van der Waals surface area contributed by atoms with Crippen molar-refractivity contribution in [2.24, 2.45) is 0 Å². The molecule has 0 saturated carbocycles. The van der Waals surface area contributed by atoms with E-state index in [1.807, 2.05) is 0 Å². The van der Waals surface area contributed by atoms with Crippen LogP contribution in [0.1, 0.15) is 17.9 Å². The molecule has 0 spiro atoms. The van der Waals surface area contributed by atoms with Gasteiger partial charge in [0.25, 0.3) is 6.47 Å². The van der Waals surface area contributed by atoms with Gasteiger partial charge in [-0.3, -0.25) is 14.4 Å². The maximum Gasteiger partial charge on any atom is 0.293 e. The van der Waals surface area contributed by atoms with E-state index in [1.165, 1.54) is 19.1 Å². The number of fused-ring (bicyclic) bond motifs is 1. The van der Waals surface area contributed by atoms with E-state index in [0.29, 0.717) is 60.7 Å². The van der Waals surface area contributed by atoms with Gasteiger partial charge in [0.05, 0.1) is 32.2 Å². The largest absolute Gasteiger partial charge is 0.493 e. The van der Waals surface area contributed by atoms with Gasteiger partial charge in [-0.2, -0.15) is 0 Å². The first-order chi connectivity index (χ1) is 11.2. The highest BCUT2D eigenvalue weighted by Gasteiger charge is 2.32. The number of ether oxygens (including phenoxy) is 3. The van der Waals surface area contributed by atoms with Crippen molar-refractivity contribution in [1.82, 2.24) is 0 Å². The van der Waals surface area contributed by atoms with E-state index in [0.717, 1.165) is 0 Å². The SMILES string of the molecule is COc1cc2c(c(NC=O)c1OC)C(COC=O)CCN2C=O. The van der Waals surface area contributed by atoms with Gasteiger partial charge in [0, 0.05) is 24.1 Å². The Hall–Kier alpha value is -2.77. The number of amides is 2. The number of benzene rings is 1. The van der Waals surface area contributed by atoms with E-state index in [9.17, 15) is 14.4 Å². The summed E-state index contributed by atoms with van der Waals surface area (Å²) in [6.45, 7) is 0.991. The molecule has 1 unspecified atom stereocenters. The van der Waals surface area contributed by atoms with Gasteiger partial charge >= 0.3 is 0 Å². The van der Waals surface area contributed by atoms with Crippen molar-refractivity contribution in [3.8, 4) is 11.5 Å². The molecule has 1 heterocycles. The molecule has 1 N–H and O–H groups in total. The standard InChI is InChI=1S/C15H18N2O6/c1-21-12-5-11-13(14(16-7-18)15(12)22-2)10(6-23-9-20)3-4-17(11)8-19/h5,7-10H,3-4,6H2,1-2H3,(H,16,18). The van der Waals surface area contributed by atoms with Crippen molar-refractivity contribution in [2.75, 3.05) is 37.6 Å². The summed E-state index contributed by atoms with van der Waals surface area (Å²) in [5.74, 6) is 0.565. The minimum atomic E-state index is -0.173. The molecular weight excluding hydrogens is 304 g/mol. The fourth-order valence-electron chi connectivity index (χ4n) is 2.84. The molecule has 1 aliphatic rings. The molecule has 124 valence electrons. The normalized spacial score (nSPS) is 16.1. The number of nitrogens with zero attached hydrogens (tertiary/aromatic N) is 1. The van der Waals surface area contributed by atoms with Gasteiger partial charge in [0.2, 0.25) is 12.8 Å². The van der Waals surface area contributed by atoms with E-state index >= 15 is 0 Å². The number of hydrogen-bond acceptors (Lipinski definition) is 6. The fraction of sp³-hybridized carbons (Fsp3) is 0.400. The molecule has 0 aromatic heterocycles. The average molecular weight is 322 g/mol. The van der Waals surface area contributed by atoms with Gasteiger partial charge in [0.15, 0.2) is 11.5 Å². The molecule has 1 atom stereocenters. The zero-order valence-electron chi connectivity index (χ0n) is 12.9. The molecule has 0 bridgehead atoms. The summed E-state index contributed by atoms with van der Waals surface area (Å²) in [6.07, 6.45) is 1.82. The average Bonchev–Trinajstić information content (AvgIpc) is 2.59. The molecule has 23 heavy (non-hydrogen) atoms. The molecule has 8 heteroatoms. The lowest BCUT2D eigenvalue weighted by molar-refractivity contribution is -0.129. The molecule has 2 rings (SSSR count). The Morgan fingerprint density at radius 1 is 1.30 bits per heavy atom. The first-order valence-corrected chi connectivity index (χ1v) is 6.98. The maximum atomic E-state index is 11.3. The third-order valence-corrected chi connectivity index (χ3v) is 3.82. The lowest BCUT2D eigenvalue weighted by Crippen LogP contribution is -2.32. The first-order valence-electron chi connectivity index (χ1n) is 6.98. The van der Waals surface area contributed by atoms with Crippen LogP contribution >= 0.6 is 0 Å². The molecule has 8 nitrogen and oxygen atoms in total. The van der Waals surface area contributed by atoms with Crippen LogP contribution in [-0.2, 0) is 19.1 Å². The molecule has 1 aromatic rings. The number of methoxy groups -OCH3 is 2. The zero-order chi connectivity index (χ0) is 16.8. The second-order valence-corrected chi connectivity index (χ2v) is 4.90. The van der Waals surface area contributed by atoms with Crippen LogP contribution in [-0.4, -0.2) is 46.7 Å². The van der Waals surface area contributed by atoms with Crippen molar-refractivity contribution in [3.05, 3.63) is 11.6 Å². The van der Waals surface area contributed by atoms with E-state index in [2.05, 4.69) is 5.32 Å². The van der Waals surface area contributed by atoms with Crippen LogP contribution in [0.25, 0.3) is 0 Å². The van der Waals surface area contributed by atoms with Crippen molar-refractivity contribution in [2.45, 2.75) is 12.3 Å². The van der Waals surface area contributed by atoms with E-state index in [1.54, 1.807) is 6.07 Å². The van der Waals surface area contributed by atoms with Crippen LogP contribution in [0.2, 0.25) is 0 Å². The van der Waals surface area contributed by atoms with Gasteiger partial charge in [-0.05, 0) is 6.42 Å². The summed E-state index contributed by atoms with van der Waals surface area (Å²) < 4.78 is 15.5.